The minimum absolute atomic E-state index is 0.0521. The molecule has 0 saturated carbocycles. The van der Waals surface area contributed by atoms with Gasteiger partial charge in [0.05, 0.1) is 4.88 Å². The lowest BCUT2D eigenvalue weighted by atomic mass is 9.99. The monoisotopic (exact) mass is 293 g/mol. The van der Waals surface area contributed by atoms with Gasteiger partial charge in [-0.25, -0.2) is 4.39 Å². The van der Waals surface area contributed by atoms with Crippen molar-refractivity contribution in [2.24, 2.45) is 5.92 Å². The molecule has 2 heterocycles. The smallest absolute Gasteiger partial charge is 0.263 e. The summed E-state index contributed by atoms with van der Waals surface area (Å²) in [4.78, 5) is 14.8. The molecule has 1 aromatic heterocycles. The number of hydrogen-bond acceptors (Lipinski definition) is 3. The van der Waals surface area contributed by atoms with Gasteiger partial charge in [-0.15, -0.1) is 11.3 Å². The fourth-order valence-electron chi connectivity index (χ4n) is 2.69. The molecule has 106 valence electrons. The first-order valence-corrected chi connectivity index (χ1v) is 7.59. The highest BCUT2D eigenvalue weighted by atomic mass is 32.1. The molecule has 1 amide bonds. The van der Waals surface area contributed by atoms with Gasteiger partial charge in [-0.2, -0.15) is 0 Å². The molecule has 1 unspecified atom stereocenters. The number of halogens is 1. The number of thiophene rings is 1. The Kier molecular flexibility index (Phi) is 3.72. The van der Waals surface area contributed by atoms with Crippen LogP contribution in [0.15, 0.2) is 24.3 Å². The first-order valence-electron chi connectivity index (χ1n) is 6.77. The zero-order chi connectivity index (χ0) is 14.1. The highest BCUT2D eigenvalue weighted by Gasteiger charge is 2.25. The number of rotatable bonds is 2. The molecule has 3 rings (SSSR count). The van der Waals surface area contributed by atoms with Crippen molar-refractivity contribution in [3.05, 3.63) is 35.0 Å². The van der Waals surface area contributed by atoms with E-state index in [0.717, 1.165) is 17.5 Å². The molecular formula is C15H16FNO2S. The van der Waals surface area contributed by atoms with E-state index in [1.807, 2.05) is 6.07 Å². The SMILES string of the molecule is O=C(c1cc2c(F)cccc2s1)N1CCCC(CO)C1. The van der Waals surface area contributed by atoms with Crippen molar-refractivity contribution in [2.75, 3.05) is 19.7 Å². The van der Waals surface area contributed by atoms with E-state index >= 15 is 0 Å². The maximum absolute atomic E-state index is 13.7. The van der Waals surface area contributed by atoms with Gasteiger partial charge in [-0.05, 0) is 37.0 Å². The van der Waals surface area contributed by atoms with Crippen molar-refractivity contribution < 1.29 is 14.3 Å². The first kappa shape index (κ1) is 13.5. The second kappa shape index (κ2) is 5.50. The summed E-state index contributed by atoms with van der Waals surface area (Å²) in [5.74, 6) is -0.174. The largest absolute Gasteiger partial charge is 0.396 e. The fraction of sp³-hybridized carbons (Fsp3) is 0.400. The van der Waals surface area contributed by atoms with Crippen LogP contribution in [0.3, 0.4) is 0 Å². The second-order valence-electron chi connectivity index (χ2n) is 5.20. The Bertz CT molecular complexity index is 640. The molecule has 20 heavy (non-hydrogen) atoms. The van der Waals surface area contributed by atoms with Crippen LogP contribution in [0.2, 0.25) is 0 Å². The van der Waals surface area contributed by atoms with Gasteiger partial charge in [0.1, 0.15) is 5.82 Å². The van der Waals surface area contributed by atoms with Gasteiger partial charge < -0.3 is 10.0 Å². The second-order valence-corrected chi connectivity index (χ2v) is 6.29. The molecule has 1 aliphatic heterocycles. The Hall–Kier alpha value is -1.46. The number of benzene rings is 1. The molecule has 1 aromatic carbocycles. The number of aliphatic hydroxyl groups is 1. The van der Waals surface area contributed by atoms with Gasteiger partial charge in [0.25, 0.3) is 5.91 Å². The third-order valence-electron chi connectivity index (χ3n) is 3.78. The number of carbonyl (C=O) groups excluding carboxylic acids is 1. The Morgan fingerprint density at radius 1 is 1.50 bits per heavy atom. The number of amides is 1. The Labute approximate surface area is 120 Å². The maximum Gasteiger partial charge on any atom is 0.263 e. The first-order chi connectivity index (χ1) is 9.69. The zero-order valence-corrected chi connectivity index (χ0v) is 11.8. The molecule has 0 bridgehead atoms. The number of fused-ring (bicyclic) bond motifs is 1. The molecule has 3 nitrogen and oxygen atoms in total. The van der Waals surface area contributed by atoms with E-state index in [2.05, 4.69) is 0 Å². The van der Waals surface area contributed by atoms with E-state index in [4.69, 9.17) is 0 Å². The molecule has 1 atom stereocenters. The van der Waals surface area contributed by atoms with Gasteiger partial charge >= 0.3 is 0 Å². The number of hydrogen-bond donors (Lipinski definition) is 1. The van der Waals surface area contributed by atoms with Crippen molar-refractivity contribution in [3.8, 4) is 0 Å². The number of likely N-dealkylation sites (tertiary alicyclic amines) is 1. The fourth-order valence-corrected chi connectivity index (χ4v) is 3.73. The highest BCUT2D eigenvalue weighted by Crippen LogP contribution is 2.29. The van der Waals surface area contributed by atoms with Crippen LogP contribution >= 0.6 is 11.3 Å². The van der Waals surface area contributed by atoms with Gasteiger partial charge in [0, 0.05) is 29.8 Å². The molecule has 1 fully saturated rings. The average molecular weight is 293 g/mol. The minimum atomic E-state index is -0.287. The van der Waals surface area contributed by atoms with Crippen molar-refractivity contribution >= 4 is 27.3 Å². The van der Waals surface area contributed by atoms with Crippen LogP contribution in [0.25, 0.3) is 10.1 Å². The lowest BCUT2D eigenvalue weighted by molar-refractivity contribution is 0.0625. The number of nitrogens with zero attached hydrogens (tertiary/aromatic N) is 1. The van der Waals surface area contributed by atoms with E-state index in [1.54, 1.807) is 17.0 Å². The van der Waals surface area contributed by atoms with Crippen LogP contribution in [0.4, 0.5) is 4.39 Å². The molecule has 1 N–H and O–H groups in total. The van der Waals surface area contributed by atoms with Crippen molar-refractivity contribution in [2.45, 2.75) is 12.8 Å². The molecule has 0 spiro atoms. The molecular weight excluding hydrogens is 277 g/mol. The van der Waals surface area contributed by atoms with Gasteiger partial charge in [0.15, 0.2) is 0 Å². The van der Waals surface area contributed by atoms with Crippen LogP contribution in [-0.4, -0.2) is 35.6 Å². The van der Waals surface area contributed by atoms with Crippen molar-refractivity contribution in [3.63, 3.8) is 0 Å². The number of piperidine rings is 1. The van der Waals surface area contributed by atoms with E-state index in [1.165, 1.54) is 17.4 Å². The van der Waals surface area contributed by atoms with Crippen LogP contribution < -0.4 is 0 Å². The summed E-state index contributed by atoms with van der Waals surface area (Å²) in [6, 6.07) is 6.53. The number of aliphatic hydroxyl groups excluding tert-OH is 1. The lowest BCUT2D eigenvalue weighted by Crippen LogP contribution is -2.40. The summed E-state index contributed by atoms with van der Waals surface area (Å²) in [6.07, 6.45) is 1.87. The van der Waals surface area contributed by atoms with Crippen molar-refractivity contribution in [1.29, 1.82) is 0 Å². The maximum atomic E-state index is 13.7. The van der Waals surface area contributed by atoms with Crippen LogP contribution in [-0.2, 0) is 0 Å². The predicted octanol–water partition coefficient (Wildman–Crippen LogP) is 2.88. The summed E-state index contributed by atoms with van der Waals surface area (Å²) < 4.78 is 14.5. The summed E-state index contributed by atoms with van der Waals surface area (Å²) in [6.45, 7) is 1.42. The van der Waals surface area contributed by atoms with Gasteiger partial charge in [0.2, 0.25) is 0 Å². The molecule has 5 heteroatoms. The van der Waals surface area contributed by atoms with E-state index in [0.29, 0.717) is 23.4 Å². The summed E-state index contributed by atoms with van der Waals surface area (Å²) in [5, 5.41) is 9.74. The zero-order valence-electron chi connectivity index (χ0n) is 11.0. The van der Waals surface area contributed by atoms with E-state index in [9.17, 15) is 14.3 Å². The standard InChI is InChI=1S/C15H16FNO2S/c16-12-4-1-5-13-11(12)7-14(20-13)15(19)17-6-2-3-10(8-17)9-18/h1,4-5,7,10,18H,2-3,6,8-9H2. The summed E-state index contributed by atoms with van der Waals surface area (Å²) in [7, 11) is 0. The van der Waals surface area contributed by atoms with Crippen LogP contribution in [0, 0.1) is 11.7 Å². The highest BCUT2D eigenvalue weighted by molar-refractivity contribution is 7.20. The summed E-state index contributed by atoms with van der Waals surface area (Å²) >= 11 is 1.33. The minimum Gasteiger partial charge on any atom is -0.396 e. The Morgan fingerprint density at radius 3 is 3.10 bits per heavy atom. The van der Waals surface area contributed by atoms with Gasteiger partial charge in [-0.3, -0.25) is 4.79 Å². The summed E-state index contributed by atoms with van der Waals surface area (Å²) in [5.41, 5.74) is 0. The van der Waals surface area contributed by atoms with Gasteiger partial charge in [-0.1, -0.05) is 6.07 Å². The third-order valence-corrected chi connectivity index (χ3v) is 4.87. The topological polar surface area (TPSA) is 40.5 Å². The molecule has 0 radical (unpaired) electrons. The predicted molar refractivity (Wildman–Crippen MR) is 77.5 cm³/mol. The van der Waals surface area contributed by atoms with Crippen LogP contribution in [0.5, 0.6) is 0 Å². The Balaban J connectivity index is 1.86. The molecule has 1 aliphatic rings. The molecule has 2 aromatic rings. The van der Waals surface area contributed by atoms with Crippen LogP contribution in [0.1, 0.15) is 22.5 Å². The number of carbonyl (C=O) groups is 1. The van der Waals surface area contributed by atoms with E-state index < -0.39 is 0 Å². The lowest BCUT2D eigenvalue weighted by Gasteiger charge is -2.31. The molecule has 1 saturated heterocycles. The van der Waals surface area contributed by atoms with E-state index in [-0.39, 0.29) is 24.2 Å². The quantitative estimate of drug-likeness (QED) is 0.925. The average Bonchev–Trinajstić information content (AvgIpc) is 2.92. The normalized spacial score (nSPS) is 19.5. The third kappa shape index (κ3) is 2.43. The van der Waals surface area contributed by atoms with Crippen molar-refractivity contribution in [1.82, 2.24) is 4.90 Å². The Morgan fingerprint density at radius 2 is 2.35 bits per heavy atom. The molecule has 0 aliphatic carbocycles.